The molecule has 1 saturated heterocycles. The van der Waals surface area contributed by atoms with Gasteiger partial charge in [-0.15, -0.1) is 24.0 Å². The molecule has 0 atom stereocenters. The molecule has 0 radical (unpaired) electrons. The molecule has 2 heterocycles. The molecule has 96 valence electrons. The van der Waals surface area contributed by atoms with Gasteiger partial charge in [0.05, 0.1) is 13.2 Å². The van der Waals surface area contributed by atoms with Crippen LogP contribution >= 0.6 is 24.0 Å². The van der Waals surface area contributed by atoms with Gasteiger partial charge in [0.15, 0.2) is 11.8 Å². The Morgan fingerprint density at radius 1 is 1.47 bits per heavy atom. The summed E-state index contributed by atoms with van der Waals surface area (Å²) in [4.78, 5) is 10.2. The maximum Gasteiger partial charge on any atom is 0.248 e. The topological polar surface area (TPSA) is 89.8 Å². The van der Waals surface area contributed by atoms with E-state index in [1.165, 1.54) is 0 Å². The Morgan fingerprint density at radius 3 is 2.76 bits per heavy atom. The molecule has 1 fully saturated rings. The number of nitrogens with zero attached hydrogens (tertiary/aromatic N) is 4. The molecule has 1 aromatic rings. The van der Waals surface area contributed by atoms with Crippen LogP contribution in [0.15, 0.2) is 9.52 Å². The lowest BCUT2D eigenvalue weighted by molar-refractivity contribution is 0.0674. The van der Waals surface area contributed by atoms with Crippen LogP contribution in [-0.2, 0) is 11.3 Å². The van der Waals surface area contributed by atoms with Gasteiger partial charge in [-0.25, -0.2) is 4.99 Å². The molecule has 0 spiro atoms. The molecule has 0 aromatic carbocycles. The third-order valence-corrected chi connectivity index (χ3v) is 2.28. The number of morpholine rings is 1. The third-order valence-electron chi connectivity index (χ3n) is 2.28. The van der Waals surface area contributed by atoms with Crippen molar-refractivity contribution in [3.63, 3.8) is 0 Å². The first kappa shape index (κ1) is 14.2. The Balaban J connectivity index is 0.00000144. The van der Waals surface area contributed by atoms with Crippen molar-refractivity contribution in [1.29, 1.82) is 0 Å². The Kier molecular flexibility index (Phi) is 5.62. The number of nitrogens with two attached hydrogens (primary N) is 1. The molecular weight excluding hydrogens is 337 g/mol. The minimum Gasteiger partial charge on any atom is -0.378 e. The van der Waals surface area contributed by atoms with Gasteiger partial charge in [0.1, 0.15) is 6.54 Å². The molecule has 8 heteroatoms. The van der Waals surface area contributed by atoms with Gasteiger partial charge in [-0.3, -0.25) is 0 Å². The Morgan fingerprint density at radius 2 is 2.18 bits per heavy atom. The van der Waals surface area contributed by atoms with E-state index in [0.717, 1.165) is 13.1 Å². The second-order valence-corrected chi connectivity index (χ2v) is 3.51. The zero-order valence-corrected chi connectivity index (χ0v) is 12.0. The van der Waals surface area contributed by atoms with Gasteiger partial charge < -0.3 is 19.9 Å². The van der Waals surface area contributed by atoms with Crippen LogP contribution in [0.1, 0.15) is 11.7 Å². The maximum absolute atomic E-state index is 5.83. The van der Waals surface area contributed by atoms with E-state index >= 15 is 0 Å². The predicted octanol–water partition coefficient (Wildman–Crippen LogP) is 0.143. The number of aromatic nitrogens is 2. The second-order valence-electron chi connectivity index (χ2n) is 3.51. The molecule has 1 aliphatic heterocycles. The van der Waals surface area contributed by atoms with Gasteiger partial charge in [-0.05, 0) is 6.92 Å². The van der Waals surface area contributed by atoms with Crippen molar-refractivity contribution >= 4 is 29.9 Å². The van der Waals surface area contributed by atoms with Crippen LogP contribution in [-0.4, -0.2) is 47.3 Å². The Labute approximate surface area is 116 Å². The minimum atomic E-state index is 0. The largest absolute Gasteiger partial charge is 0.378 e. The summed E-state index contributed by atoms with van der Waals surface area (Å²) < 4.78 is 10.2. The molecule has 0 bridgehead atoms. The zero-order chi connectivity index (χ0) is 11.4. The van der Waals surface area contributed by atoms with Crippen LogP contribution in [0.3, 0.4) is 0 Å². The van der Waals surface area contributed by atoms with Crippen LogP contribution in [0, 0.1) is 6.92 Å². The first-order chi connectivity index (χ1) is 7.75. The fraction of sp³-hybridized carbons (Fsp3) is 0.667. The van der Waals surface area contributed by atoms with E-state index in [2.05, 4.69) is 15.1 Å². The number of halogens is 1. The fourth-order valence-electron chi connectivity index (χ4n) is 1.45. The van der Waals surface area contributed by atoms with E-state index in [1.807, 2.05) is 4.90 Å². The first-order valence-electron chi connectivity index (χ1n) is 5.17. The quantitative estimate of drug-likeness (QED) is 0.462. The fourth-order valence-corrected chi connectivity index (χ4v) is 1.45. The highest BCUT2D eigenvalue weighted by Gasteiger charge is 2.12. The van der Waals surface area contributed by atoms with E-state index < -0.39 is 0 Å². The summed E-state index contributed by atoms with van der Waals surface area (Å²) in [5, 5.41) is 3.68. The number of guanidine groups is 1. The lowest BCUT2D eigenvalue weighted by atomic mass is 10.4. The monoisotopic (exact) mass is 353 g/mol. The Bertz CT molecular complexity index is 375. The molecule has 7 nitrogen and oxygen atoms in total. The van der Waals surface area contributed by atoms with E-state index in [1.54, 1.807) is 6.92 Å². The maximum atomic E-state index is 5.83. The lowest BCUT2D eigenvalue weighted by Crippen LogP contribution is -2.44. The summed E-state index contributed by atoms with van der Waals surface area (Å²) in [6.07, 6.45) is 0. The number of ether oxygens (including phenoxy) is 1. The minimum absolute atomic E-state index is 0. The molecule has 0 aliphatic carbocycles. The molecule has 2 N–H and O–H groups in total. The summed E-state index contributed by atoms with van der Waals surface area (Å²) in [6.45, 7) is 5.02. The number of hydrogen-bond acceptors (Lipinski definition) is 5. The lowest BCUT2D eigenvalue weighted by Gasteiger charge is -2.27. The molecule has 0 unspecified atom stereocenters. The van der Waals surface area contributed by atoms with E-state index in [0.29, 0.717) is 37.4 Å². The smallest absolute Gasteiger partial charge is 0.248 e. The first-order valence-corrected chi connectivity index (χ1v) is 5.17. The number of hydrogen-bond donors (Lipinski definition) is 1. The van der Waals surface area contributed by atoms with Crippen molar-refractivity contribution in [3.05, 3.63) is 11.7 Å². The SMILES string of the molecule is Cc1noc(CN=C(N)N2CCOCC2)n1.I. The number of aliphatic imine (C=N–C) groups is 1. The highest BCUT2D eigenvalue weighted by atomic mass is 127. The standard InChI is InChI=1S/C9H15N5O2.HI/c1-7-12-8(16-13-7)6-11-9(10)14-2-4-15-5-3-14;/h2-6H2,1H3,(H2,10,11);1H. The molecule has 1 aliphatic rings. The molecule has 2 rings (SSSR count). The van der Waals surface area contributed by atoms with Gasteiger partial charge in [0.2, 0.25) is 5.89 Å². The second kappa shape index (κ2) is 6.74. The van der Waals surface area contributed by atoms with Crippen LogP contribution in [0.5, 0.6) is 0 Å². The van der Waals surface area contributed by atoms with Crippen LogP contribution in [0.2, 0.25) is 0 Å². The van der Waals surface area contributed by atoms with E-state index in [4.69, 9.17) is 15.0 Å². The van der Waals surface area contributed by atoms with Crippen molar-refractivity contribution in [2.45, 2.75) is 13.5 Å². The van der Waals surface area contributed by atoms with Gasteiger partial charge in [-0.2, -0.15) is 4.98 Å². The summed E-state index contributed by atoms with van der Waals surface area (Å²) >= 11 is 0. The van der Waals surface area contributed by atoms with Gasteiger partial charge in [0.25, 0.3) is 0 Å². The van der Waals surface area contributed by atoms with Gasteiger partial charge >= 0.3 is 0 Å². The molecular formula is C9H16IN5O2. The van der Waals surface area contributed by atoms with Crippen molar-refractivity contribution in [2.75, 3.05) is 26.3 Å². The predicted molar refractivity (Wildman–Crippen MR) is 72.2 cm³/mol. The average Bonchev–Trinajstić information content (AvgIpc) is 2.73. The average molecular weight is 353 g/mol. The van der Waals surface area contributed by atoms with Gasteiger partial charge in [-0.1, -0.05) is 5.16 Å². The summed E-state index contributed by atoms with van der Waals surface area (Å²) in [6, 6.07) is 0. The van der Waals surface area contributed by atoms with Crippen LogP contribution < -0.4 is 5.73 Å². The number of rotatable bonds is 2. The highest BCUT2D eigenvalue weighted by Crippen LogP contribution is 2.00. The summed E-state index contributed by atoms with van der Waals surface area (Å²) in [5.74, 6) is 1.59. The van der Waals surface area contributed by atoms with Crippen LogP contribution in [0.25, 0.3) is 0 Å². The van der Waals surface area contributed by atoms with Crippen molar-refractivity contribution < 1.29 is 9.26 Å². The van der Waals surface area contributed by atoms with Crippen molar-refractivity contribution in [2.24, 2.45) is 10.7 Å². The number of aryl methyl sites for hydroxylation is 1. The van der Waals surface area contributed by atoms with Crippen molar-refractivity contribution in [1.82, 2.24) is 15.0 Å². The van der Waals surface area contributed by atoms with Crippen LogP contribution in [0.4, 0.5) is 0 Å². The van der Waals surface area contributed by atoms with E-state index in [-0.39, 0.29) is 24.0 Å². The summed E-state index contributed by atoms with van der Waals surface area (Å²) in [5.41, 5.74) is 5.83. The third kappa shape index (κ3) is 4.11. The molecule has 1 aromatic heterocycles. The molecule has 0 saturated carbocycles. The molecule has 17 heavy (non-hydrogen) atoms. The zero-order valence-electron chi connectivity index (χ0n) is 9.63. The Hall–Kier alpha value is -0.900. The summed E-state index contributed by atoms with van der Waals surface area (Å²) in [7, 11) is 0. The van der Waals surface area contributed by atoms with Crippen molar-refractivity contribution in [3.8, 4) is 0 Å². The highest BCUT2D eigenvalue weighted by molar-refractivity contribution is 14.0. The normalized spacial score (nSPS) is 16.8. The van der Waals surface area contributed by atoms with Gasteiger partial charge in [0, 0.05) is 13.1 Å². The van der Waals surface area contributed by atoms with E-state index in [9.17, 15) is 0 Å². The molecule has 0 amide bonds.